The Hall–Kier alpha value is -1.70. The van der Waals surface area contributed by atoms with E-state index in [1.54, 1.807) is 18.2 Å². The molecule has 1 heterocycles. The van der Waals surface area contributed by atoms with Crippen LogP contribution in [0.2, 0.25) is 0 Å². The zero-order chi connectivity index (χ0) is 15.2. The molecule has 1 fully saturated rings. The lowest BCUT2D eigenvalue weighted by atomic mass is 10.1. The maximum Gasteiger partial charge on any atom is 0.292 e. The monoisotopic (exact) mass is 328 g/mol. The topological polar surface area (TPSA) is 87.5 Å². The molecule has 2 N–H and O–H groups in total. The number of piperidine rings is 1. The van der Waals surface area contributed by atoms with Crippen LogP contribution in [0, 0.1) is 10.1 Å². The van der Waals surface area contributed by atoms with Crippen LogP contribution in [0.3, 0.4) is 0 Å². The van der Waals surface area contributed by atoms with E-state index in [4.69, 9.17) is 0 Å². The predicted molar refractivity (Wildman–Crippen MR) is 87.5 cm³/mol. The first-order valence-corrected chi connectivity index (χ1v) is 7.02. The van der Waals surface area contributed by atoms with E-state index in [9.17, 15) is 14.9 Å². The molecule has 122 valence electrons. The van der Waals surface area contributed by atoms with Gasteiger partial charge in [-0.3, -0.25) is 19.8 Å². The second-order valence-electron chi connectivity index (χ2n) is 5.22. The zero-order valence-corrected chi connectivity index (χ0v) is 13.3. The maximum absolute atomic E-state index is 12.0. The van der Waals surface area contributed by atoms with Crippen molar-refractivity contribution in [3.63, 3.8) is 0 Å². The molecule has 0 spiro atoms. The van der Waals surface area contributed by atoms with Crippen LogP contribution in [0.15, 0.2) is 24.3 Å². The van der Waals surface area contributed by atoms with Crippen LogP contribution in [0.25, 0.3) is 0 Å². The Bertz CT molecular complexity index is 521. The van der Waals surface area contributed by atoms with E-state index in [0.29, 0.717) is 6.04 Å². The summed E-state index contributed by atoms with van der Waals surface area (Å²) in [4.78, 5) is 24.5. The molecule has 1 aromatic rings. The Balaban J connectivity index is 0.00000242. The molecule has 0 radical (unpaired) electrons. The summed E-state index contributed by atoms with van der Waals surface area (Å²) in [6.07, 6.45) is 2.02. The molecule has 0 saturated carbocycles. The van der Waals surface area contributed by atoms with E-state index in [1.807, 2.05) is 11.9 Å². The number of amides is 1. The number of carbonyl (C=O) groups is 1. The number of para-hydroxylation sites is 2. The minimum Gasteiger partial charge on any atom is -0.319 e. The number of nitrogens with one attached hydrogen (secondary N) is 2. The zero-order valence-electron chi connectivity index (χ0n) is 12.4. The molecule has 1 aliphatic heterocycles. The fourth-order valence-electron chi connectivity index (χ4n) is 2.53. The standard InChI is InChI=1S/C14H20N4O3.ClH/c1-17(11-6-8-15-9-7-11)10-14(19)16-12-4-2-3-5-13(12)18(20)21;/h2-5,11,15H,6-10H2,1H3,(H,16,19);1H. The first kappa shape index (κ1) is 18.3. The maximum atomic E-state index is 12.0. The molecule has 7 nitrogen and oxygen atoms in total. The van der Waals surface area contributed by atoms with Crippen LogP contribution >= 0.6 is 12.4 Å². The molecule has 0 aliphatic carbocycles. The van der Waals surface area contributed by atoms with Crippen molar-refractivity contribution in [1.82, 2.24) is 10.2 Å². The molecule has 0 aromatic heterocycles. The first-order valence-electron chi connectivity index (χ1n) is 7.02. The number of nitro groups is 1. The summed E-state index contributed by atoms with van der Waals surface area (Å²) in [6, 6.07) is 6.54. The highest BCUT2D eigenvalue weighted by Gasteiger charge is 2.21. The van der Waals surface area contributed by atoms with Gasteiger partial charge in [0.1, 0.15) is 5.69 Å². The number of benzene rings is 1. The van der Waals surface area contributed by atoms with Gasteiger partial charge < -0.3 is 10.6 Å². The largest absolute Gasteiger partial charge is 0.319 e. The molecule has 1 saturated heterocycles. The predicted octanol–water partition coefficient (Wildman–Crippen LogP) is 1.64. The van der Waals surface area contributed by atoms with E-state index >= 15 is 0 Å². The molecule has 1 aliphatic rings. The van der Waals surface area contributed by atoms with E-state index < -0.39 is 4.92 Å². The highest BCUT2D eigenvalue weighted by Crippen LogP contribution is 2.23. The lowest BCUT2D eigenvalue weighted by molar-refractivity contribution is -0.383. The van der Waals surface area contributed by atoms with E-state index in [0.717, 1.165) is 25.9 Å². The van der Waals surface area contributed by atoms with Crippen molar-refractivity contribution in [2.45, 2.75) is 18.9 Å². The normalized spacial score (nSPS) is 15.2. The van der Waals surface area contributed by atoms with Crippen LogP contribution in [0.5, 0.6) is 0 Å². The van der Waals surface area contributed by atoms with Crippen molar-refractivity contribution in [2.24, 2.45) is 0 Å². The lowest BCUT2D eigenvalue weighted by Crippen LogP contribution is -2.44. The molecule has 1 amide bonds. The van der Waals surface area contributed by atoms with Gasteiger partial charge >= 0.3 is 0 Å². The molecule has 0 bridgehead atoms. The van der Waals surface area contributed by atoms with Gasteiger partial charge in [-0.05, 0) is 39.0 Å². The molecule has 22 heavy (non-hydrogen) atoms. The summed E-state index contributed by atoms with van der Waals surface area (Å²) in [5, 5.41) is 16.8. The summed E-state index contributed by atoms with van der Waals surface area (Å²) in [7, 11) is 1.91. The van der Waals surface area contributed by atoms with E-state index in [2.05, 4.69) is 10.6 Å². The molecule has 8 heteroatoms. The summed E-state index contributed by atoms with van der Waals surface area (Å²) >= 11 is 0. The number of rotatable bonds is 5. The van der Waals surface area contributed by atoms with Gasteiger partial charge in [-0.25, -0.2) is 0 Å². The third-order valence-corrected chi connectivity index (χ3v) is 3.70. The minimum absolute atomic E-state index is 0. The number of hydrogen-bond acceptors (Lipinski definition) is 5. The van der Waals surface area contributed by atoms with Gasteiger partial charge in [0.25, 0.3) is 5.69 Å². The lowest BCUT2D eigenvalue weighted by Gasteiger charge is -2.31. The summed E-state index contributed by atoms with van der Waals surface area (Å²) in [5.41, 5.74) is 0.154. The van der Waals surface area contributed by atoms with Gasteiger partial charge in [-0.2, -0.15) is 0 Å². The molecular formula is C14H21ClN4O3. The number of nitrogens with zero attached hydrogens (tertiary/aromatic N) is 2. The number of nitro benzene ring substituents is 1. The Morgan fingerprint density at radius 2 is 2.05 bits per heavy atom. The van der Waals surface area contributed by atoms with Crippen LogP contribution in [-0.4, -0.2) is 48.5 Å². The van der Waals surface area contributed by atoms with Gasteiger partial charge in [0.15, 0.2) is 0 Å². The smallest absolute Gasteiger partial charge is 0.292 e. The second-order valence-corrected chi connectivity index (χ2v) is 5.22. The Kier molecular flexibility index (Phi) is 7.23. The van der Waals surface area contributed by atoms with Crippen LogP contribution < -0.4 is 10.6 Å². The van der Waals surface area contributed by atoms with Crippen molar-refractivity contribution >= 4 is 29.7 Å². The van der Waals surface area contributed by atoms with Crippen LogP contribution in [-0.2, 0) is 4.79 Å². The van der Waals surface area contributed by atoms with Crippen molar-refractivity contribution in [1.29, 1.82) is 0 Å². The van der Waals surface area contributed by atoms with Gasteiger partial charge in [0.05, 0.1) is 11.5 Å². The minimum atomic E-state index is -0.494. The van der Waals surface area contributed by atoms with Gasteiger partial charge in [-0.1, -0.05) is 12.1 Å². The third kappa shape index (κ3) is 4.94. The van der Waals surface area contributed by atoms with Gasteiger partial charge in [0, 0.05) is 12.1 Å². The highest BCUT2D eigenvalue weighted by molar-refractivity contribution is 5.94. The number of carbonyl (C=O) groups excluding carboxylic acids is 1. The summed E-state index contributed by atoms with van der Waals surface area (Å²) in [5.74, 6) is -0.231. The van der Waals surface area contributed by atoms with E-state index in [-0.39, 0.29) is 36.2 Å². The number of anilines is 1. The molecule has 0 unspecified atom stereocenters. The molecular weight excluding hydrogens is 308 g/mol. The Morgan fingerprint density at radius 3 is 2.68 bits per heavy atom. The van der Waals surface area contributed by atoms with Crippen molar-refractivity contribution in [2.75, 3.05) is 32.0 Å². The van der Waals surface area contributed by atoms with Crippen LogP contribution in [0.4, 0.5) is 11.4 Å². The first-order chi connectivity index (χ1) is 10.1. The fourth-order valence-corrected chi connectivity index (χ4v) is 2.53. The van der Waals surface area contributed by atoms with Crippen molar-refractivity contribution < 1.29 is 9.72 Å². The number of halogens is 1. The summed E-state index contributed by atoms with van der Waals surface area (Å²) < 4.78 is 0. The summed E-state index contributed by atoms with van der Waals surface area (Å²) in [6.45, 7) is 2.15. The average Bonchev–Trinajstić information content (AvgIpc) is 2.48. The number of likely N-dealkylation sites (N-methyl/N-ethyl adjacent to an activating group) is 1. The second kappa shape index (κ2) is 8.67. The van der Waals surface area contributed by atoms with Crippen molar-refractivity contribution in [3.8, 4) is 0 Å². The molecule has 1 aromatic carbocycles. The molecule has 0 atom stereocenters. The van der Waals surface area contributed by atoms with E-state index in [1.165, 1.54) is 6.07 Å². The SMILES string of the molecule is CN(CC(=O)Nc1ccccc1[N+](=O)[O-])C1CCNCC1.Cl. The number of hydrogen-bond donors (Lipinski definition) is 2. The van der Waals surface area contributed by atoms with Crippen LogP contribution in [0.1, 0.15) is 12.8 Å². The average molecular weight is 329 g/mol. The van der Waals surface area contributed by atoms with Gasteiger partial charge in [0.2, 0.25) is 5.91 Å². The third-order valence-electron chi connectivity index (χ3n) is 3.70. The van der Waals surface area contributed by atoms with Crippen molar-refractivity contribution in [3.05, 3.63) is 34.4 Å². The Morgan fingerprint density at radius 1 is 1.41 bits per heavy atom. The molecule has 2 rings (SSSR count). The fraction of sp³-hybridized carbons (Fsp3) is 0.500. The Labute approximate surface area is 135 Å². The quantitative estimate of drug-likeness (QED) is 0.633. The highest BCUT2D eigenvalue weighted by atomic mass is 35.5. The van der Waals surface area contributed by atoms with Gasteiger partial charge in [-0.15, -0.1) is 12.4 Å².